The topological polar surface area (TPSA) is 51.0 Å². The van der Waals surface area contributed by atoms with Gasteiger partial charge in [-0.1, -0.05) is 6.07 Å². The summed E-state index contributed by atoms with van der Waals surface area (Å²) < 4.78 is 1.91. The molecule has 108 valence electrons. The number of fused-ring (bicyclic) bond motifs is 1. The summed E-state index contributed by atoms with van der Waals surface area (Å²) in [6.45, 7) is 1.18. The fraction of sp³-hybridized carbons (Fsp3) is 0.118. The first-order chi connectivity index (χ1) is 10.8. The second-order valence-electron chi connectivity index (χ2n) is 5.27. The Kier molecular flexibility index (Phi) is 2.96. The lowest BCUT2D eigenvalue weighted by molar-refractivity contribution is 0.0750. The first kappa shape index (κ1) is 12.8. The SMILES string of the molecule is O=C(c1ccc(-n2cccc2)nc1)N1Cc2cccnc2C1. The average Bonchev–Trinajstić information content (AvgIpc) is 3.23. The molecule has 4 rings (SSSR count). The molecule has 3 aromatic heterocycles. The van der Waals surface area contributed by atoms with Gasteiger partial charge in [0.15, 0.2) is 0 Å². The van der Waals surface area contributed by atoms with Crippen LogP contribution in [0.2, 0.25) is 0 Å². The van der Waals surface area contributed by atoms with E-state index < -0.39 is 0 Å². The molecule has 0 atom stereocenters. The molecule has 0 saturated heterocycles. The lowest BCUT2D eigenvalue weighted by Gasteiger charge is -2.15. The lowest BCUT2D eigenvalue weighted by atomic mass is 10.2. The van der Waals surface area contributed by atoms with Crippen LogP contribution >= 0.6 is 0 Å². The lowest BCUT2D eigenvalue weighted by Crippen LogP contribution is -2.25. The summed E-state index contributed by atoms with van der Waals surface area (Å²) in [7, 11) is 0. The van der Waals surface area contributed by atoms with Gasteiger partial charge in [-0.3, -0.25) is 9.78 Å². The Hall–Kier alpha value is -2.95. The first-order valence-electron chi connectivity index (χ1n) is 7.13. The van der Waals surface area contributed by atoms with Gasteiger partial charge in [0.2, 0.25) is 0 Å². The number of hydrogen-bond acceptors (Lipinski definition) is 3. The zero-order valence-electron chi connectivity index (χ0n) is 11.9. The third-order valence-corrected chi connectivity index (χ3v) is 3.84. The Morgan fingerprint density at radius 2 is 1.86 bits per heavy atom. The Bertz CT molecular complexity index is 784. The third-order valence-electron chi connectivity index (χ3n) is 3.84. The molecule has 5 nitrogen and oxygen atoms in total. The van der Waals surface area contributed by atoms with Crippen LogP contribution in [0.5, 0.6) is 0 Å². The highest BCUT2D eigenvalue weighted by molar-refractivity contribution is 5.94. The Morgan fingerprint density at radius 3 is 2.59 bits per heavy atom. The zero-order valence-corrected chi connectivity index (χ0v) is 11.9. The molecule has 1 aliphatic heterocycles. The number of carbonyl (C=O) groups is 1. The number of amides is 1. The van der Waals surface area contributed by atoms with Crippen molar-refractivity contribution in [3.8, 4) is 5.82 Å². The normalized spacial score (nSPS) is 13.2. The molecule has 0 aromatic carbocycles. The Balaban J connectivity index is 1.54. The smallest absolute Gasteiger partial charge is 0.256 e. The van der Waals surface area contributed by atoms with Crippen LogP contribution in [0.15, 0.2) is 61.2 Å². The van der Waals surface area contributed by atoms with Gasteiger partial charge in [-0.25, -0.2) is 4.98 Å². The maximum absolute atomic E-state index is 12.6. The summed E-state index contributed by atoms with van der Waals surface area (Å²) in [6.07, 6.45) is 7.24. The molecule has 0 fully saturated rings. The van der Waals surface area contributed by atoms with Gasteiger partial charge < -0.3 is 9.47 Å². The molecule has 0 N–H and O–H groups in total. The van der Waals surface area contributed by atoms with E-state index in [9.17, 15) is 4.79 Å². The molecule has 3 aromatic rings. The van der Waals surface area contributed by atoms with E-state index >= 15 is 0 Å². The van der Waals surface area contributed by atoms with Gasteiger partial charge in [0.1, 0.15) is 5.82 Å². The van der Waals surface area contributed by atoms with Crippen molar-refractivity contribution in [2.75, 3.05) is 0 Å². The molecule has 5 heteroatoms. The minimum Gasteiger partial charge on any atom is -0.328 e. The van der Waals surface area contributed by atoms with E-state index in [1.165, 1.54) is 0 Å². The van der Waals surface area contributed by atoms with Crippen LogP contribution in [0.25, 0.3) is 5.82 Å². The molecule has 1 aliphatic rings. The molecule has 0 saturated carbocycles. The predicted molar refractivity (Wildman–Crippen MR) is 81.4 cm³/mol. The molecule has 1 amide bonds. The molecule has 22 heavy (non-hydrogen) atoms. The molecular formula is C17H14N4O. The summed E-state index contributed by atoms with van der Waals surface area (Å²) in [4.78, 5) is 23.0. The summed E-state index contributed by atoms with van der Waals surface area (Å²) in [5.41, 5.74) is 2.70. The fourth-order valence-electron chi connectivity index (χ4n) is 2.68. The van der Waals surface area contributed by atoms with Crippen LogP contribution in [0.4, 0.5) is 0 Å². The highest BCUT2D eigenvalue weighted by Gasteiger charge is 2.25. The predicted octanol–water partition coefficient (Wildman–Crippen LogP) is 2.42. The number of carbonyl (C=O) groups excluding carboxylic acids is 1. The van der Waals surface area contributed by atoms with Crippen molar-refractivity contribution in [3.05, 3.63) is 78.0 Å². The second-order valence-corrected chi connectivity index (χ2v) is 5.27. The molecular weight excluding hydrogens is 276 g/mol. The van der Waals surface area contributed by atoms with Crippen LogP contribution in [-0.2, 0) is 13.1 Å². The first-order valence-corrected chi connectivity index (χ1v) is 7.13. The number of aromatic nitrogens is 3. The van der Waals surface area contributed by atoms with E-state index in [-0.39, 0.29) is 5.91 Å². The van der Waals surface area contributed by atoms with E-state index in [2.05, 4.69) is 9.97 Å². The summed E-state index contributed by atoms with van der Waals surface area (Å²) in [5.74, 6) is 0.789. The van der Waals surface area contributed by atoms with Crippen LogP contribution in [0.1, 0.15) is 21.6 Å². The van der Waals surface area contributed by atoms with E-state index in [1.54, 1.807) is 17.3 Å². The van der Waals surface area contributed by atoms with Gasteiger partial charge in [0.05, 0.1) is 17.8 Å². The number of rotatable bonds is 2. The molecule has 4 heterocycles. The maximum Gasteiger partial charge on any atom is 0.256 e. The largest absolute Gasteiger partial charge is 0.328 e. The van der Waals surface area contributed by atoms with Crippen LogP contribution in [0, 0.1) is 0 Å². The average molecular weight is 290 g/mol. The van der Waals surface area contributed by atoms with Crippen molar-refractivity contribution in [2.24, 2.45) is 0 Å². The minimum absolute atomic E-state index is 0.00967. The van der Waals surface area contributed by atoms with Gasteiger partial charge in [0.25, 0.3) is 5.91 Å². The van der Waals surface area contributed by atoms with Gasteiger partial charge in [-0.15, -0.1) is 0 Å². The summed E-state index contributed by atoms with van der Waals surface area (Å²) >= 11 is 0. The van der Waals surface area contributed by atoms with Crippen LogP contribution in [-0.4, -0.2) is 25.3 Å². The monoisotopic (exact) mass is 290 g/mol. The molecule has 0 radical (unpaired) electrons. The number of nitrogens with zero attached hydrogens (tertiary/aromatic N) is 4. The Labute approximate surface area is 127 Å². The van der Waals surface area contributed by atoms with Gasteiger partial charge >= 0.3 is 0 Å². The van der Waals surface area contributed by atoms with E-state index in [0.717, 1.165) is 17.1 Å². The van der Waals surface area contributed by atoms with Crippen molar-refractivity contribution in [1.82, 2.24) is 19.4 Å². The zero-order chi connectivity index (χ0) is 14.9. The van der Waals surface area contributed by atoms with E-state index in [1.807, 2.05) is 53.4 Å². The fourth-order valence-corrected chi connectivity index (χ4v) is 2.68. The summed E-state index contributed by atoms with van der Waals surface area (Å²) in [6, 6.07) is 11.5. The van der Waals surface area contributed by atoms with Crippen LogP contribution in [0.3, 0.4) is 0 Å². The van der Waals surface area contributed by atoms with Gasteiger partial charge in [-0.05, 0) is 35.9 Å². The van der Waals surface area contributed by atoms with Gasteiger partial charge in [0, 0.05) is 31.3 Å². The van der Waals surface area contributed by atoms with Crippen molar-refractivity contribution in [1.29, 1.82) is 0 Å². The van der Waals surface area contributed by atoms with E-state index in [0.29, 0.717) is 18.7 Å². The maximum atomic E-state index is 12.6. The van der Waals surface area contributed by atoms with Crippen LogP contribution < -0.4 is 0 Å². The molecule has 0 bridgehead atoms. The van der Waals surface area contributed by atoms with Crippen molar-refractivity contribution < 1.29 is 4.79 Å². The number of pyridine rings is 2. The quantitative estimate of drug-likeness (QED) is 0.728. The third kappa shape index (κ3) is 2.16. The van der Waals surface area contributed by atoms with Crippen molar-refractivity contribution in [2.45, 2.75) is 13.1 Å². The van der Waals surface area contributed by atoms with E-state index in [4.69, 9.17) is 0 Å². The highest BCUT2D eigenvalue weighted by Crippen LogP contribution is 2.22. The second kappa shape index (κ2) is 5.11. The number of hydrogen-bond donors (Lipinski definition) is 0. The highest BCUT2D eigenvalue weighted by atomic mass is 16.2. The van der Waals surface area contributed by atoms with Crippen molar-refractivity contribution in [3.63, 3.8) is 0 Å². The molecule has 0 unspecified atom stereocenters. The Morgan fingerprint density at radius 1 is 1.00 bits per heavy atom. The standard InChI is InChI=1S/C17H14N4O/c22-17(21-11-14-4-3-7-18-15(14)12-21)13-5-6-16(19-10-13)20-8-1-2-9-20/h1-10H,11-12H2. The summed E-state index contributed by atoms with van der Waals surface area (Å²) in [5, 5.41) is 0. The minimum atomic E-state index is -0.00967. The molecule has 0 spiro atoms. The van der Waals surface area contributed by atoms with Gasteiger partial charge in [-0.2, -0.15) is 0 Å². The van der Waals surface area contributed by atoms with Crippen molar-refractivity contribution >= 4 is 5.91 Å². The molecule has 0 aliphatic carbocycles.